The molecule has 0 fully saturated rings. The SMILES string of the molecule is C=CCOC(=O)C1CC=CCC1C(=O)[O-]. The summed E-state index contributed by atoms with van der Waals surface area (Å²) in [7, 11) is 0. The van der Waals surface area contributed by atoms with E-state index in [0.29, 0.717) is 12.8 Å². The van der Waals surface area contributed by atoms with Crippen molar-refractivity contribution < 1.29 is 19.4 Å². The topological polar surface area (TPSA) is 66.4 Å². The van der Waals surface area contributed by atoms with Crippen LogP contribution in [0.15, 0.2) is 24.8 Å². The fourth-order valence-electron chi connectivity index (χ4n) is 1.58. The van der Waals surface area contributed by atoms with Crippen molar-refractivity contribution in [1.29, 1.82) is 0 Å². The Morgan fingerprint density at radius 3 is 2.53 bits per heavy atom. The van der Waals surface area contributed by atoms with Crippen LogP contribution in [0.25, 0.3) is 0 Å². The normalized spacial score (nSPS) is 24.5. The molecule has 0 aliphatic heterocycles. The van der Waals surface area contributed by atoms with Crippen molar-refractivity contribution in [3.8, 4) is 0 Å². The number of carbonyl (C=O) groups is 2. The largest absolute Gasteiger partial charge is 0.550 e. The highest BCUT2D eigenvalue weighted by atomic mass is 16.5. The quantitative estimate of drug-likeness (QED) is 0.484. The molecule has 1 aliphatic carbocycles. The minimum atomic E-state index is -1.19. The van der Waals surface area contributed by atoms with Gasteiger partial charge in [-0.3, -0.25) is 4.79 Å². The Kier molecular flexibility index (Phi) is 4.09. The van der Waals surface area contributed by atoms with Gasteiger partial charge in [-0.2, -0.15) is 0 Å². The van der Waals surface area contributed by atoms with E-state index in [1.165, 1.54) is 6.08 Å². The van der Waals surface area contributed by atoms with Crippen LogP contribution in [0, 0.1) is 11.8 Å². The molecular formula is C11H13O4-. The number of hydrogen-bond acceptors (Lipinski definition) is 4. The molecule has 0 aromatic rings. The summed E-state index contributed by atoms with van der Waals surface area (Å²) in [5, 5.41) is 10.8. The molecule has 15 heavy (non-hydrogen) atoms. The summed E-state index contributed by atoms with van der Waals surface area (Å²) in [6.45, 7) is 3.52. The van der Waals surface area contributed by atoms with E-state index in [4.69, 9.17) is 4.74 Å². The van der Waals surface area contributed by atoms with Crippen LogP contribution in [-0.2, 0) is 14.3 Å². The molecule has 0 heterocycles. The molecule has 0 amide bonds. The molecule has 2 unspecified atom stereocenters. The van der Waals surface area contributed by atoms with Gasteiger partial charge in [-0.1, -0.05) is 24.8 Å². The van der Waals surface area contributed by atoms with Gasteiger partial charge in [-0.05, 0) is 12.8 Å². The summed E-state index contributed by atoms with van der Waals surface area (Å²) in [6, 6.07) is 0. The Balaban J connectivity index is 2.64. The van der Waals surface area contributed by atoms with Crippen molar-refractivity contribution >= 4 is 11.9 Å². The van der Waals surface area contributed by atoms with Gasteiger partial charge in [0.1, 0.15) is 6.61 Å². The monoisotopic (exact) mass is 209 g/mol. The molecule has 1 rings (SSSR count). The molecule has 0 radical (unpaired) electrons. The van der Waals surface area contributed by atoms with E-state index in [-0.39, 0.29) is 6.61 Å². The van der Waals surface area contributed by atoms with Gasteiger partial charge in [0.05, 0.1) is 5.92 Å². The molecule has 0 spiro atoms. The van der Waals surface area contributed by atoms with E-state index >= 15 is 0 Å². The first kappa shape index (κ1) is 11.5. The number of carboxylic acids is 1. The number of carbonyl (C=O) groups excluding carboxylic acids is 2. The summed E-state index contributed by atoms with van der Waals surface area (Å²) < 4.78 is 4.83. The third kappa shape index (κ3) is 2.94. The van der Waals surface area contributed by atoms with Gasteiger partial charge >= 0.3 is 5.97 Å². The Morgan fingerprint density at radius 2 is 2.00 bits per heavy atom. The molecule has 2 atom stereocenters. The lowest BCUT2D eigenvalue weighted by molar-refractivity contribution is -0.313. The van der Waals surface area contributed by atoms with E-state index < -0.39 is 23.8 Å². The predicted octanol–water partition coefficient (Wildman–Crippen LogP) is 0.0479. The second-order valence-electron chi connectivity index (χ2n) is 3.39. The van der Waals surface area contributed by atoms with Crippen molar-refractivity contribution in [2.75, 3.05) is 6.61 Å². The van der Waals surface area contributed by atoms with Gasteiger partial charge in [-0.25, -0.2) is 0 Å². The molecule has 0 bridgehead atoms. The number of allylic oxidation sites excluding steroid dienone is 2. The zero-order valence-corrected chi connectivity index (χ0v) is 8.35. The van der Waals surface area contributed by atoms with Crippen LogP contribution in [-0.4, -0.2) is 18.5 Å². The molecule has 0 aromatic heterocycles. The van der Waals surface area contributed by atoms with Crippen molar-refractivity contribution in [3.63, 3.8) is 0 Å². The highest BCUT2D eigenvalue weighted by Crippen LogP contribution is 2.26. The molecule has 1 aliphatic rings. The first-order valence-electron chi connectivity index (χ1n) is 4.80. The minimum absolute atomic E-state index is 0.110. The predicted molar refractivity (Wildman–Crippen MR) is 51.5 cm³/mol. The lowest BCUT2D eigenvalue weighted by atomic mass is 9.83. The lowest BCUT2D eigenvalue weighted by Gasteiger charge is -2.27. The van der Waals surface area contributed by atoms with Gasteiger partial charge in [0, 0.05) is 11.9 Å². The number of carboxylic acid groups (broad SMARTS) is 1. The molecule has 4 nitrogen and oxygen atoms in total. The number of hydrogen-bond donors (Lipinski definition) is 0. The highest BCUT2D eigenvalue weighted by Gasteiger charge is 2.30. The van der Waals surface area contributed by atoms with Crippen molar-refractivity contribution in [3.05, 3.63) is 24.8 Å². The smallest absolute Gasteiger partial charge is 0.310 e. The summed E-state index contributed by atoms with van der Waals surface area (Å²) in [5.41, 5.74) is 0. The molecule has 82 valence electrons. The Hall–Kier alpha value is -1.58. The van der Waals surface area contributed by atoms with Gasteiger partial charge in [0.15, 0.2) is 0 Å². The van der Waals surface area contributed by atoms with Crippen LogP contribution >= 0.6 is 0 Å². The molecular weight excluding hydrogens is 196 g/mol. The highest BCUT2D eigenvalue weighted by molar-refractivity contribution is 5.80. The third-order valence-electron chi connectivity index (χ3n) is 2.38. The van der Waals surface area contributed by atoms with Gasteiger partial charge in [0.2, 0.25) is 0 Å². The van der Waals surface area contributed by atoms with Crippen LogP contribution in [0.5, 0.6) is 0 Å². The van der Waals surface area contributed by atoms with E-state index in [9.17, 15) is 14.7 Å². The Morgan fingerprint density at radius 1 is 1.40 bits per heavy atom. The third-order valence-corrected chi connectivity index (χ3v) is 2.38. The first-order chi connectivity index (χ1) is 7.16. The zero-order chi connectivity index (χ0) is 11.3. The maximum absolute atomic E-state index is 11.5. The van der Waals surface area contributed by atoms with Crippen LogP contribution in [0.2, 0.25) is 0 Å². The maximum Gasteiger partial charge on any atom is 0.310 e. The zero-order valence-electron chi connectivity index (χ0n) is 8.35. The minimum Gasteiger partial charge on any atom is -0.550 e. The maximum atomic E-state index is 11.5. The summed E-state index contributed by atoms with van der Waals surface area (Å²) >= 11 is 0. The molecule has 0 N–H and O–H groups in total. The molecule has 0 aromatic carbocycles. The average molecular weight is 209 g/mol. The number of esters is 1. The number of rotatable bonds is 4. The summed E-state index contributed by atoms with van der Waals surface area (Å²) in [5.74, 6) is -3.08. The van der Waals surface area contributed by atoms with Gasteiger partial charge in [-0.15, -0.1) is 0 Å². The van der Waals surface area contributed by atoms with Gasteiger partial charge < -0.3 is 14.6 Å². The second kappa shape index (κ2) is 5.34. The van der Waals surface area contributed by atoms with Crippen LogP contribution < -0.4 is 5.11 Å². The van der Waals surface area contributed by atoms with Crippen molar-refractivity contribution in [1.82, 2.24) is 0 Å². The van der Waals surface area contributed by atoms with E-state index in [2.05, 4.69) is 6.58 Å². The Labute approximate surface area is 88.2 Å². The van der Waals surface area contributed by atoms with Crippen LogP contribution in [0.1, 0.15) is 12.8 Å². The van der Waals surface area contributed by atoms with Crippen LogP contribution in [0.3, 0.4) is 0 Å². The van der Waals surface area contributed by atoms with E-state index in [1.54, 1.807) is 12.2 Å². The summed E-state index contributed by atoms with van der Waals surface area (Å²) in [4.78, 5) is 22.2. The van der Waals surface area contributed by atoms with Crippen molar-refractivity contribution in [2.24, 2.45) is 11.8 Å². The Bertz CT molecular complexity index is 293. The van der Waals surface area contributed by atoms with Gasteiger partial charge in [0.25, 0.3) is 0 Å². The average Bonchev–Trinajstić information content (AvgIpc) is 2.25. The van der Waals surface area contributed by atoms with Crippen LogP contribution in [0.4, 0.5) is 0 Å². The fourth-order valence-corrected chi connectivity index (χ4v) is 1.58. The molecule has 0 saturated carbocycles. The number of ether oxygens (including phenoxy) is 1. The van der Waals surface area contributed by atoms with E-state index in [1.807, 2.05) is 0 Å². The standard InChI is InChI=1S/C11H14O4/c1-2-7-15-11(14)9-6-4-3-5-8(9)10(12)13/h2-4,8-9H,1,5-7H2,(H,12,13)/p-1. The molecule has 0 saturated heterocycles. The summed E-state index contributed by atoms with van der Waals surface area (Å²) in [6.07, 6.45) is 5.71. The van der Waals surface area contributed by atoms with Crippen molar-refractivity contribution in [2.45, 2.75) is 12.8 Å². The fraction of sp³-hybridized carbons (Fsp3) is 0.455. The molecule has 4 heteroatoms. The second-order valence-corrected chi connectivity index (χ2v) is 3.39. The van der Waals surface area contributed by atoms with E-state index in [0.717, 1.165) is 0 Å². The first-order valence-corrected chi connectivity index (χ1v) is 4.80. The lowest BCUT2D eigenvalue weighted by Crippen LogP contribution is -2.40. The number of aliphatic carboxylic acids is 1.